The van der Waals surface area contributed by atoms with Crippen LogP contribution < -0.4 is 21.7 Å². The van der Waals surface area contributed by atoms with Gasteiger partial charge in [0.15, 0.2) is 34.0 Å². The number of aryl methyl sites for hydroxylation is 3. The van der Waals surface area contributed by atoms with Crippen LogP contribution in [-0.4, -0.2) is 110 Å². The second kappa shape index (κ2) is 18.6. The summed E-state index contributed by atoms with van der Waals surface area (Å²) < 4.78 is 0. The fourth-order valence-electron chi connectivity index (χ4n) is 5.89. The predicted molar refractivity (Wildman–Crippen MR) is 201 cm³/mol. The monoisotopic (exact) mass is 674 g/mol. The summed E-state index contributed by atoms with van der Waals surface area (Å²) in [6.07, 6.45) is 6.32. The van der Waals surface area contributed by atoms with Crippen molar-refractivity contribution in [3.8, 4) is 0 Å². The molecule has 4 heterocycles. The molecule has 0 amide bonds. The van der Waals surface area contributed by atoms with Gasteiger partial charge in [-0.2, -0.15) is 19.9 Å². The standard InChI is InChI=1S/C35H58N14/c1-9-15-24-25(16-10-2)42-32-29(40-24)31(38-19-21-49(13-5)14-6)46-35(47-32)39-22-23(12-4)27-26(17-11-3)41-28-30(37-18-20-48(7)8)44-34(36)45-33(28)43-27/h23H,9-22H2,1-8H3,(H3,36,37,43,44,45)(H2,38,39,42,46,47). The Balaban J connectivity index is 1.68. The van der Waals surface area contributed by atoms with E-state index in [1.165, 1.54) is 0 Å². The Kier molecular flexibility index (Phi) is 14.4. The zero-order valence-corrected chi connectivity index (χ0v) is 31.0. The quantitative estimate of drug-likeness (QED) is 0.0938. The first-order valence-electron chi connectivity index (χ1n) is 18.2. The van der Waals surface area contributed by atoms with E-state index in [2.05, 4.69) is 77.3 Å². The van der Waals surface area contributed by atoms with Crippen LogP contribution in [0, 0.1) is 0 Å². The molecule has 5 N–H and O–H groups in total. The number of nitrogens with zero attached hydrogens (tertiary/aromatic N) is 10. The highest BCUT2D eigenvalue weighted by Gasteiger charge is 2.22. The highest BCUT2D eigenvalue weighted by Crippen LogP contribution is 2.28. The van der Waals surface area contributed by atoms with Gasteiger partial charge < -0.3 is 31.5 Å². The van der Waals surface area contributed by atoms with Crippen LogP contribution in [-0.2, 0) is 19.3 Å². The first-order valence-corrected chi connectivity index (χ1v) is 18.2. The summed E-state index contributed by atoms with van der Waals surface area (Å²) >= 11 is 0. The van der Waals surface area contributed by atoms with Gasteiger partial charge in [-0.25, -0.2) is 19.9 Å². The van der Waals surface area contributed by atoms with Crippen molar-refractivity contribution < 1.29 is 0 Å². The molecule has 0 saturated carbocycles. The van der Waals surface area contributed by atoms with E-state index >= 15 is 0 Å². The highest BCUT2D eigenvalue weighted by atomic mass is 15.2. The molecule has 0 aromatic carbocycles. The van der Waals surface area contributed by atoms with Crippen molar-refractivity contribution >= 4 is 45.9 Å². The Morgan fingerprint density at radius 3 is 1.80 bits per heavy atom. The fourth-order valence-corrected chi connectivity index (χ4v) is 5.89. The van der Waals surface area contributed by atoms with Crippen molar-refractivity contribution in [1.82, 2.24) is 49.7 Å². The van der Waals surface area contributed by atoms with Crippen LogP contribution in [0.2, 0.25) is 0 Å². The molecule has 0 radical (unpaired) electrons. The summed E-state index contributed by atoms with van der Waals surface area (Å²) in [5.41, 5.74) is 12.5. The van der Waals surface area contributed by atoms with Crippen LogP contribution in [0.4, 0.5) is 23.5 Å². The van der Waals surface area contributed by atoms with Gasteiger partial charge in [0, 0.05) is 38.6 Å². The van der Waals surface area contributed by atoms with Crippen LogP contribution in [0.3, 0.4) is 0 Å². The van der Waals surface area contributed by atoms with E-state index in [1.54, 1.807) is 0 Å². The lowest BCUT2D eigenvalue weighted by Gasteiger charge is -2.20. The number of aromatic nitrogens is 8. The average Bonchev–Trinajstić information content (AvgIpc) is 3.07. The van der Waals surface area contributed by atoms with Gasteiger partial charge in [0.05, 0.1) is 22.8 Å². The number of fused-ring (bicyclic) bond motifs is 2. The van der Waals surface area contributed by atoms with Crippen molar-refractivity contribution in [2.24, 2.45) is 0 Å². The molecule has 0 saturated heterocycles. The molecule has 0 bridgehead atoms. The number of anilines is 4. The third-order valence-corrected chi connectivity index (χ3v) is 8.65. The smallest absolute Gasteiger partial charge is 0.226 e. The van der Waals surface area contributed by atoms with E-state index in [4.69, 9.17) is 35.6 Å². The van der Waals surface area contributed by atoms with Gasteiger partial charge in [-0.3, -0.25) is 0 Å². The van der Waals surface area contributed by atoms with Crippen LogP contribution in [0.15, 0.2) is 0 Å². The van der Waals surface area contributed by atoms with Crippen LogP contribution in [0.5, 0.6) is 0 Å². The summed E-state index contributed by atoms with van der Waals surface area (Å²) in [7, 11) is 4.07. The molecule has 4 aromatic heterocycles. The number of rotatable bonds is 21. The SMILES string of the molecule is CCCc1nc2nc(NCC(CC)c3nc4nc(N)nc(NCCN(C)C)c4nc3CCC)nc(NCCN(CC)CC)c2nc1CCC. The molecule has 14 nitrogen and oxygen atoms in total. The normalized spacial score (nSPS) is 12.4. The van der Waals surface area contributed by atoms with Gasteiger partial charge >= 0.3 is 0 Å². The first-order chi connectivity index (χ1) is 23.7. The van der Waals surface area contributed by atoms with Crippen molar-refractivity contribution in [2.45, 2.75) is 92.4 Å². The van der Waals surface area contributed by atoms with Crippen LogP contribution in [0.1, 0.15) is 95.9 Å². The molecule has 4 aromatic rings. The molecular formula is C35H58N14. The van der Waals surface area contributed by atoms with Gasteiger partial charge in [-0.1, -0.05) is 60.8 Å². The van der Waals surface area contributed by atoms with Gasteiger partial charge in [0.1, 0.15) is 0 Å². The molecule has 14 heteroatoms. The minimum absolute atomic E-state index is 0.0341. The summed E-state index contributed by atoms with van der Waals surface area (Å²) in [5.74, 6) is 2.04. The number of hydrogen-bond acceptors (Lipinski definition) is 14. The van der Waals surface area contributed by atoms with E-state index in [0.29, 0.717) is 47.5 Å². The maximum atomic E-state index is 6.14. The number of nitrogens with one attached hydrogen (secondary N) is 3. The van der Waals surface area contributed by atoms with Gasteiger partial charge in [0.25, 0.3) is 0 Å². The van der Waals surface area contributed by atoms with Crippen LogP contribution in [0.25, 0.3) is 22.3 Å². The highest BCUT2D eigenvalue weighted by molar-refractivity contribution is 5.84. The van der Waals surface area contributed by atoms with Gasteiger partial charge in [0.2, 0.25) is 11.9 Å². The Morgan fingerprint density at radius 1 is 0.612 bits per heavy atom. The van der Waals surface area contributed by atoms with Crippen molar-refractivity contribution in [2.75, 3.05) is 81.6 Å². The zero-order chi connectivity index (χ0) is 35.3. The Hall–Kier alpha value is -4.04. The van der Waals surface area contributed by atoms with Crippen molar-refractivity contribution in [3.05, 3.63) is 22.8 Å². The first kappa shape index (κ1) is 37.8. The third kappa shape index (κ3) is 10.0. The lowest BCUT2D eigenvalue weighted by molar-refractivity contribution is 0.316. The maximum absolute atomic E-state index is 6.14. The molecule has 49 heavy (non-hydrogen) atoms. The second-order valence-corrected chi connectivity index (χ2v) is 12.8. The minimum atomic E-state index is 0.0341. The van der Waals surface area contributed by atoms with E-state index in [-0.39, 0.29) is 11.9 Å². The lowest BCUT2D eigenvalue weighted by atomic mass is 9.98. The number of hydrogen-bond donors (Lipinski definition) is 4. The number of likely N-dealkylation sites (N-methyl/N-ethyl adjacent to an activating group) is 2. The van der Waals surface area contributed by atoms with Crippen molar-refractivity contribution in [1.29, 1.82) is 0 Å². The molecular weight excluding hydrogens is 616 g/mol. The Morgan fingerprint density at radius 2 is 1.18 bits per heavy atom. The summed E-state index contributed by atoms with van der Waals surface area (Å²) in [6.45, 7) is 18.8. The Labute approximate surface area is 292 Å². The molecule has 0 aliphatic heterocycles. The van der Waals surface area contributed by atoms with Crippen LogP contribution >= 0.6 is 0 Å². The molecule has 1 unspecified atom stereocenters. The average molecular weight is 675 g/mol. The summed E-state index contributed by atoms with van der Waals surface area (Å²) in [6, 6.07) is 0. The lowest BCUT2D eigenvalue weighted by Crippen LogP contribution is -2.29. The molecule has 268 valence electrons. The van der Waals surface area contributed by atoms with E-state index in [0.717, 1.165) is 106 Å². The molecule has 0 aliphatic rings. The van der Waals surface area contributed by atoms with Gasteiger partial charge in [-0.15, -0.1) is 0 Å². The summed E-state index contributed by atoms with van der Waals surface area (Å²) in [4.78, 5) is 43.6. The summed E-state index contributed by atoms with van der Waals surface area (Å²) in [5, 5.41) is 10.5. The third-order valence-electron chi connectivity index (χ3n) is 8.65. The Bertz CT molecular complexity index is 1640. The van der Waals surface area contributed by atoms with E-state index in [1.807, 2.05) is 14.1 Å². The molecule has 4 rings (SSSR count). The largest absolute Gasteiger partial charge is 0.368 e. The number of nitrogen functional groups attached to an aromatic ring is 1. The molecule has 0 spiro atoms. The van der Waals surface area contributed by atoms with E-state index in [9.17, 15) is 0 Å². The zero-order valence-electron chi connectivity index (χ0n) is 31.0. The topological polar surface area (TPSA) is 172 Å². The van der Waals surface area contributed by atoms with E-state index < -0.39 is 0 Å². The van der Waals surface area contributed by atoms with Crippen molar-refractivity contribution in [3.63, 3.8) is 0 Å². The van der Waals surface area contributed by atoms with Gasteiger partial charge in [-0.05, 0) is 52.9 Å². The maximum Gasteiger partial charge on any atom is 0.226 e. The molecule has 0 aliphatic carbocycles. The number of nitrogens with two attached hydrogens (primary N) is 1. The minimum Gasteiger partial charge on any atom is -0.368 e. The molecule has 0 fully saturated rings. The molecule has 1 atom stereocenters. The predicted octanol–water partition coefficient (Wildman–Crippen LogP) is 4.93. The second-order valence-electron chi connectivity index (χ2n) is 12.8. The fraction of sp³-hybridized carbons (Fsp3) is 0.657.